The van der Waals surface area contributed by atoms with Gasteiger partial charge in [0.25, 0.3) is 11.5 Å². The van der Waals surface area contributed by atoms with Crippen LogP contribution in [0.25, 0.3) is 5.65 Å². The first-order valence-corrected chi connectivity index (χ1v) is 7.98. The number of rotatable bonds is 4. The van der Waals surface area contributed by atoms with Crippen molar-refractivity contribution in [2.45, 2.75) is 13.5 Å². The van der Waals surface area contributed by atoms with Crippen molar-refractivity contribution in [3.8, 4) is 0 Å². The molecule has 0 radical (unpaired) electrons. The van der Waals surface area contributed by atoms with E-state index in [9.17, 15) is 9.59 Å². The molecular formula is C18H16ClN3O2. The molecule has 2 aromatic heterocycles. The Hall–Kier alpha value is -2.66. The number of fused-ring (bicyclic) bond motifs is 1. The first-order valence-electron chi connectivity index (χ1n) is 7.61. The van der Waals surface area contributed by atoms with E-state index in [1.165, 1.54) is 10.6 Å². The van der Waals surface area contributed by atoms with Crippen molar-refractivity contribution >= 4 is 23.2 Å². The molecule has 0 aliphatic rings. The number of aromatic nitrogens is 2. The summed E-state index contributed by atoms with van der Waals surface area (Å²) in [6, 6.07) is 12.6. The predicted octanol–water partition coefficient (Wildman–Crippen LogP) is 3.01. The number of halogens is 1. The van der Waals surface area contributed by atoms with Crippen LogP contribution in [0, 0.1) is 0 Å². The molecule has 0 spiro atoms. The van der Waals surface area contributed by atoms with Crippen molar-refractivity contribution in [2.24, 2.45) is 0 Å². The lowest BCUT2D eigenvalue weighted by atomic mass is 10.2. The number of benzene rings is 1. The predicted molar refractivity (Wildman–Crippen MR) is 93.3 cm³/mol. The Balaban J connectivity index is 1.96. The van der Waals surface area contributed by atoms with Gasteiger partial charge in [0.1, 0.15) is 11.2 Å². The third-order valence-electron chi connectivity index (χ3n) is 3.83. The normalized spacial score (nSPS) is 10.8. The topological polar surface area (TPSA) is 54.7 Å². The van der Waals surface area contributed by atoms with Crippen molar-refractivity contribution in [3.63, 3.8) is 0 Å². The average Bonchev–Trinajstić information content (AvgIpc) is 2.61. The Morgan fingerprint density at radius 2 is 1.96 bits per heavy atom. The van der Waals surface area contributed by atoms with Gasteiger partial charge in [0.05, 0.1) is 0 Å². The molecule has 1 amide bonds. The molecule has 3 rings (SSSR count). The maximum absolute atomic E-state index is 12.8. The first kappa shape index (κ1) is 16.2. The van der Waals surface area contributed by atoms with Gasteiger partial charge in [-0.15, -0.1) is 0 Å². The lowest BCUT2D eigenvalue weighted by Gasteiger charge is -2.21. The molecule has 122 valence electrons. The largest absolute Gasteiger partial charge is 0.334 e. The Morgan fingerprint density at radius 3 is 2.71 bits per heavy atom. The number of pyridine rings is 1. The standard InChI is InChI=1S/C18H16ClN3O2/c1-2-21(12-13-7-3-4-8-15(13)19)17(23)14-11-20-16-9-5-6-10-22(16)18(14)24/h3-11H,2,12H2,1H3. The smallest absolute Gasteiger partial charge is 0.270 e. The summed E-state index contributed by atoms with van der Waals surface area (Å²) in [5.41, 5.74) is 1.02. The summed E-state index contributed by atoms with van der Waals surface area (Å²) in [5, 5.41) is 0.595. The van der Waals surface area contributed by atoms with Crippen molar-refractivity contribution in [2.75, 3.05) is 6.54 Å². The average molecular weight is 342 g/mol. The minimum atomic E-state index is -0.372. The lowest BCUT2D eigenvalue weighted by molar-refractivity contribution is 0.0750. The highest BCUT2D eigenvalue weighted by atomic mass is 35.5. The maximum atomic E-state index is 12.8. The van der Waals surface area contributed by atoms with Crippen molar-refractivity contribution in [3.05, 3.63) is 81.4 Å². The van der Waals surface area contributed by atoms with E-state index in [-0.39, 0.29) is 17.0 Å². The fraction of sp³-hybridized carbons (Fsp3) is 0.167. The summed E-state index contributed by atoms with van der Waals surface area (Å²) >= 11 is 6.17. The number of nitrogens with zero attached hydrogens (tertiary/aromatic N) is 3. The van der Waals surface area contributed by atoms with Crippen molar-refractivity contribution in [1.82, 2.24) is 14.3 Å². The highest BCUT2D eigenvalue weighted by molar-refractivity contribution is 6.31. The minimum Gasteiger partial charge on any atom is -0.334 e. The first-order chi connectivity index (χ1) is 11.6. The van der Waals surface area contributed by atoms with E-state index in [2.05, 4.69) is 4.98 Å². The Kier molecular flexibility index (Phi) is 4.62. The van der Waals surface area contributed by atoms with Gasteiger partial charge in [-0.3, -0.25) is 14.0 Å². The van der Waals surface area contributed by atoms with Crippen LogP contribution in [-0.2, 0) is 6.54 Å². The van der Waals surface area contributed by atoms with Crippen molar-refractivity contribution in [1.29, 1.82) is 0 Å². The zero-order chi connectivity index (χ0) is 17.1. The van der Waals surface area contributed by atoms with Gasteiger partial charge in [0, 0.05) is 30.5 Å². The van der Waals surface area contributed by atoms with Crippen LogP contribution in [0.2, 0.25) is 5.02 Å². The lowest BCUT2D eigenvalue weighted by Crippen LogP contribution is -2.35. The second kappa shape index (κ2) is 6.84. The Labute approximate surface area is 144 Å². The SMILES string of the molecule is CCN(Cc1ccccc1Cl)C(=O)c1cnc2ccccn2c1=O. The third kappa shape index (κ3) is 3.03. The number of amides is 1. The molecule has 0 bridgehead atoms. The van der Waals surface area contributed by atoms with Gasteiger partial charge < -0.3 is 4.90 Å². The summed E-state index contributed by atoms with van der Waals surface area (Å²) in [5.74, 6) is -0.354. The van der Waals surface area contributed by atoms with E-state index >= 15 is 0 Å². The molecule has 5 nitrogen and oxygen atoms in total. The van der Waals surface area contributed by atoms with Gasteiger partial charge in [-0.25, -0.2) is 4.98 Å². The molecule has 6 heteroatoms. The van der Waals surface area contributed by atoms with Gasteiger partial charge in [0.15, 0.2) is 0 Å². The molecule has 24 heavy (non-hydrogen) atoms. The van der Waals surface area contributed by atoms with E-state index in [4.69, 9.17) is 11.6 Å². The molecule has 2 heterocycles. The van der Waals surface area contributed by atoms with Crippen LogP contribution in [0.4, 0.5) is 0 Å². The zero-order valence-electron chi connectivity index (χ0n) is 13.1. The Morgan fingerprint density at radius 1 is 1.21 bits per heavy atom. The van der Waals surface area contributed by atoms with Crippen LogP contribution in [0.5, 0.6) is 0 Å². The van der Waals surface area contributed by atoms with E-state index in [1.807, 2.05) is 25.1 Å². The van der Waals surface area contributed by atoms with E-state index in [0.29, 0.717) is 23.8 Å². The summed E-state index contributed by atoms with van der Waals surface area (Å²) in [7, 11) is 0. The van der Waals surface area contributed by atoms with Gasteiger partial charge >= 0.3 is 0 Å². The van der Waals surface area contributed by atoms with E-state index < -0.39 is 0 Å². The molecule has 3 aromatic rings. The van der Waals surface area contributed by atoms with E-state index in [0.717, 1.165) is 5.56 Å². The molecule has 1 aromatic carbocycles. The number of hydrogen-bond donors (Lipinski definition) is 0. The minimum absolute atomic E-state index is 0.0487. The number of hydrogen-bond acceptors (Lipinski definition) is 3. The van der Waals surface area contributed by atoms with Crippen molar-refractivity contribution < 1.29 is 4.79 Å². The monoisotopic (exact) mass is 341 g/mol. The molecule has 0 N–H and O–H groups in total. The highest BCUT2D eigenvalue weighted by Gasteiger charge is 2.20. The Bertz CT molecular complexity index is 952. The summed E-state index contributed by atoms with van der Waals surface area (Å²) in [4.78, 5) is 31.1. The van der Waals surface area contributed by atoms with E-state index in [1.54, 1.807) is 35.4 Å². The van der Waals surface area contributed by atoms with Crippen LogP contribution in [0.1, 0.15) is 22.8 Å². The number of carbonyl (C=O) groups excluding carboxylic acids is 1. The molecular weight excluding hydrogens is 326 g/mol. The summed E-state index contributed by atoms with van der Waals surface area (Å²) < 4.78 is 1.37. The van der Waals surface area contributed by atoms with Crippen LogP contribution < -0.4 is 5.56 Å². The summed E-state index contributed by atoms with van der Waals surface area (Å²) in [6.07, 6.45) is 2.95. The molecule has 0 saturated heterocycles. The van der Waals surface area contributed by atoms with Crippen LogP contribution >= 0.6 is 11.6 Å². The molecule has 0 saturated carbocycles. The highest BCUT2D eigenvalue weighted by Crippen LogP contribution is 2.17. The van der Waals surface area contributed by atoms with Crippen LogP contribution in [0.15, 0.2) is 59.7 Å². The van der Waals surface area contributed by atoms with Gasteiger partial charge in [-0.1, -0.05) is 35.9 Å². The van der Waals surface area contributed by atoms with Gasteiger partial charge in [-0.2, -0.15) is 0 Å². The molecule has 0 fully saturated rings. The fourth-order valence-electron chi connectivity index (χ4n) is 2.50. The fourth-order valence-corrected chi connectivity index (χ4v) is 2.70. The quantitative estimate of drug-likeness (QED) is 0.733. The van der Waals surface area contributed by atoms with Gasteiger partial charge in [-0.05, 0) is 30.7 Å². The second-order valence-corrected chi connectivity index (χ2v) is 5.72. The third-order valence-corrected chi connectivity index (χ3v) is 4.20. The molecule has 0 aliphatic heterocycles. The van der Waals surface area contributed by atoms with Gasteiger partial charge in [0.2, 0.25) is 0 Å². The summed E-state index contributed by atoms with van der Waals surface area (Å²) in [6.45, 7) is 2.66. The molecule has 0 unspecified atom stereocenters. The number of carbonyl (C=O) groups is 1. The zero-order valence-corrected chi connectivity index (χ0v) is 13.9. The van der Waals surface area contributed by atoms with Crippen LogP contribution in [-0.4, -0.2) is 26.7 Å². The molecule has 0 aliphatic carbocycles. The van der Waals surface area contributed by atoms with Crippen LogP contribution in [0.3, 0.4) is 0 Å². The maximum Gasteiger partial charge on any atom is 0.270 e. The second-order valence-electron chi connectivity index (χ2n) is 5.32. The molecule has 0 atom stereocenters.